The number of para-hydroxylation sites is 1. The van der Waals surface area contributed by atoms with Crippen molar-refractivity contribution in [1.29, 1.82) is 0 Å². The highest BCUT2D eigenvalue weighted by Crippen LogP contribution is 2.47. The zero-order valence-electron chi connectivity index (χ0n) is 13.3. The van der Waals surface area contributed by atoms with Crippen LogP contribution in [0.3, 0.4) is 0 Å². The summed E-state index contributed by atoms with van der Waals surface area (Å²) in [5, 5.41) is 9.46. The van der Waals surface area contributed by atoms with Crippen molar-refractivity contribution in [3.63, 3.8) is 0 Å². The van der Waals surface area contributed by atoms with Crippen LogP contribution < -0.4 is 4.74 Å². The summed E-state index contributed by atoms with van der Waals surface area (Å²) in [4.78, 5) is 11.7. The summed E-state index contributed by atoms with van der Waals surface area (Å²) in [6, 6.07) is 12.6. The zero-order chi connectivity index (χ0) is 18.2. The van der Waals surface area contributed by atoms with Gasteiger partial charge in [0.05, 0.1) is 5.57 Å². The summed E-state index contributed by atoms with van der Waals surface area (Å²) in [7, 11) is 0. The van der Waals surface area contributed by atoms with E-state index in [2.05, 4.69) is 0 Å². The first-order chi connectivity index (χ1) is 11.7. The third-order valence-corrected chi connectivity index (χ3v) is 4.33. The first-order valence-electron chi connectivity index (χ1n) is 7.59. The fourth-order valence-corrected chi connectivity index (χ4v) is 2.96. The normalized spacial score (nSPS) is 19.6. The highest BCUT2D eigenvalue weighted by Gasteiger charge is 2.63. The predicted octanol–water partition coefficient (Wildman–Crippen LogP) is 4.40. The van der Waals surface area contributed by atoms with Crippen molar-refractivity contribution in [3.05, 3.63) is 70.8 Å². The second-order valence-electron chi connectivity index (χ2n) is 5.93. The maximum atomic E-state index is 14.1. The average Bonchev–Trinajstić information content (AvgIpc) is 2.55. The van der Waals surface area contributed by atoms with Gasteiger partial charge in [0.25, 0.3) is 0 Å². The molecule has 1 aliphatic rings. The van der Waals surface area contributed by atoms with Crippen LogP contribution in [-0.4, -0.2) is 22.9 Å². The number of rotatable bonds is 3. The van der Waals surface area contributed by atoms with Crippen molar-refractivity contribution in [1.82, 2.24) is 0 Å². The Morgan fingerprint density at radius 2 is 1.76 bits per heavy atom. The number of hydrogen-bond donors (Lipinski definition) is 1. The number of carboxylic acid groups (broad SMARTS) is 1. The molecule has 0 bridgehead atoms. The number of carbonyl (C=O) groups is 1. The second kappa shape index (κ2) is 5.95. The van der Waals surface area contributed by atoms with Crippen molar-refractivity contribution in [3.8, 4) is 5.75 Å². The lowest BCUT2D eigenvalue weighted by atomic mass is 9.82. The Morgan fingerprint density at radius 1 is 1.12 bits per heavy atom. The molecule has 0 saturated carbocycles. The van der Waals surface area contributed by atoms with E-state index in [1.54, 1.807) is 43.3 Å². The molecule has 1 aliphatic heterocycles. The van der Waals surface area contributed by atoms with Crippen LogP contribution in [0.4, 0.5) is 13.2 Å². The van der Waals surface area contributed by atoms with E-state index in [9.17, 15) is 23.1 Å². The largest absolute Gasteiger partial charge is 0.478 e. The van der Waals surface area contributed by atoms with Gasteiger partial charge in [-0.1, -0.05) is 42.5 Å². The molecule has 0 amide bonds. The molecule has 1 N–H and O–H groups in total. The monoisotopic (exact) mass is 348 g/mol. The summed E-state index contributed by atoms with van der Waals surface area (Å²) in [5.74, 6) is -1.64. The SMILES string of the molecule is Cc1ccccc1CC1(C(F)(F)F)Oc2ccccc2C=C1C(=O)O. The van der Waals surface area contributed by atoms with Crippen LogP contribution in [0, 0.1) is 6.92 Å². The van der Waals surface area contributed by atoms with E-state index in [4.69, 9.17) is 4.74 Å². The molecule has 0 saturated heterocycles. The van der Waals surface area contributed by atoms with Crippen molar-refractivity contribution in [2.45, 2.75) is 25.1 Å². The molecular weight excluding hydrogens is 333 g/mol. The Morgan fingerprint density at radius 3 is 2.40 bits per heavy atom. The minimum atomic E-state index is -4.91. The third kappa shape index (κ3) is 2.88. The topological polar surface area (TPSA) is 46.5 Å². The number of benzene rings is 2. The molecule has 3 rings (SSSR count). The number of ether oxygens (including phenoxy) is 1. The average molecular weight is 348 g/mol. The van der Waals surface area contributed by atoms with E-state index in [1.165, 1.54) is 12.1 Å². The van der Waals surface area contributed by atoms with Gasteiger partial charge in [0, 0.05) is 12.0 Å². The van der Waals surface area contributed by atoms with Crippen LogP contribution in [0.1, 0.15) is 16.7 Å². The molecule has 0 aromatic heterocycles. The Labute approximate surface area is 142 Å². The van der Waals surface area contributed by atoms with Crippen molar-refractivity contribution in [2.24, 2.45) is 0 Å². The first-order valence-corrected chi connectivity index (χ1v) is 7.59. The third-order valence-electron chi connectivity index (χ3n) is 4.33. The Kier molecular flexibility index (Phi) is 4.06. The van der Waals surface area contributed by atoms with Crippen LogP contribution in [0.5, 0.6) is 5.75 Å². The van der Waals surface area contributed by atoms with Gasteiger partial charge in [-0.2, -0.15) is 13.2 Å². The van der Waals surface area contributed by atoms with Gasteiger partial charge < -0.3 is 9.84 Å². The van der Waals surface area contributed by atoms with Gasteiger partial charge in [0.1, 0.15) is 5.75 Å². The van der Waals surface area contributed by atoms with Crippen LogP contribution >= 0.6 is 0 Å². The molecule has 2 aromatic rings. The van der Waals surface area contributed by atoms with Crippen LogP contribution in [0.2, 0.25) is 0 Å². The Bertz CT molecular complexity index is 855. The standard InChI is InChI=1S/C19H15F3O3/c1-12-6-2-3-8-14(12)11-18(19(20,21)22)15(17(23)24)10-13-7-4-5-9-16(13)25-18/h2-10H,11H2,1H3,(H,23,24). The molecule has 1 unspecified atom stereocenters. The van der Waals surface area contributed by atoms with E-state index >= 15 is 0 Å². The van der Waals surface area contributed by atoms with Gasteiger partial charge >= 0.3 is 12.1 Å². The predicted molar refractivity (Wildman–Crippen MR) is 86.4 cm³/mol. The molecule has 0 spiro atoms. The zero-order valence-corrected chi connectivity index (χ0v) is 13.3. The van der Waals surface area contributed by atoms with Gasteiger partial charge in [0.2, 0.25) is 5.60 Å². The van der Waals surface area contributed by atoms with Crippen molar-refractivity contribution in [2.75, 3.05) is 0 Å². The molecular formula is C19H15F3O3. The van der Waals surface area contributed by atoms with Crippen LogP contribution in [0.25, 0.3) is 6.08 Å². The Balaban J connectivity index is 2.21. The fraction of sp³-hybridized carbons (Fsp3) is 0.211. The number of halogens is 3. The van der Waals surface area contributed by atoms with Gasteiger partial charge in [-0.3, -0.25) is 0 Å². The van der Waals surface area contributed by atoms with Gasteiger partial charge in [-0.05, 0) is 30.2 Å². The quantitative estimate of drug-likeness (QED) is 0.894. The van der Waals surface area contributed by atoms with E-state index < -0.39 is 29.7 Å². The summed E-state index contributed by atoms with van der Waals surface area (Å²) in [6.45, 7) is 1.68. The van der Waals surface area contributed by atoms with E-state index in [1.807, 2.05) is 0 Å². The van der Waals surface area contributed by atoms with E-state index in [0.29, 0.717) is 16.7 Å². The number of alkyl halides is 3. The lowest BCUT2D eigenvalue weighted by Gasteiger charge is -2.39. The molecule has 3 nitrogen and oxygen atoms in total. The number of aliphatic carboxylic acids is 1. The summed E-state index contributed by atoms with van der Waals surface area (Å²) < 4.78 is 47.6. The van der Waals surface area contributed by atoms with Gasteiger partial charge in [-0.25, -0.2) is 4.79 Å². The number of aryl methyl sites for hydroxylation is 1. The smallest absolute Gasteiger partial charge is 0.433 e. The fourth-order valence-electron chi connectivity index (χ4n) is 2.96. The maximum Gasteiger partial charge on any atom is 0.433 e. The summed E-state index contributed by atoms with van der Waals surface area (Å²) >= 11 is 0. The first kappa shape index (κ1) is 17.1. The summed E-state index contributed by atoms with van der Waals surface area (Å²) in [5.41, 5.74) is -2.43. The minimum absolute atomic E-state index is 0.0124. The van der Waals surface area contributed by atoms with E-state index in [0.717, 1.165) is 6.08 Å². The number of hydrogen-bond acceptors (Lipinski definition) is 2. The minimum Gasteiger partial charge on any atom is -0.478 e. The highest BCUT2D eigenvalue weighted by atomic mass is 19.4. The van der Waals surface area contributed by atoms with Crippen molar-refractivity contribution >= 4 is 12.0 Å². The maximum absolute atomic E-state index is 14.1. The second-order valence-corrected chi connectivity index (χ2v) is 5.93. The molecule has 0 fully saturated rings. The summed E-state index contributed by atoms with van der Waals surface area (Å²) in [6.07, 6.45) is -4.48. The Hall–Kier alpha value is -2.76. The molecule has 0 aliphatic carbocycles. The van der Waals surface area contributed by atoms with E-state index in [-0.39, 0.29) is 5.75 Å². The van der Waals surface area contributed by atoms with Crippen LogP contribution in [0.15, 0.2) is 54.1 Å². The van der Waals surface area contributed by atoms with Crippen molar-refractivity contribution < 1.29 is 27.8 Å². The molecule has 6 heteroatoms. The molecule has 130 valence electrons. The highest BCUT2D eigenvalue weighted by molar-refractivity contribution is 5.96. The molecule has 1 heterocycles. The lowest BCUT2D eigenvalue weighted by Crippen LogP contribution is -2.56. The van der Waals surface area contributed by atoms with Crippen LogP contribution in [-0.2, 0) is 11.2 Å². The molecule has 0 radical (unpaired) electrons. The van der Waals surface area contributed by atoms with Gasteiger partial charge in [0.15, 0.2) is 0 Å². The van der Waals surface area contributed by atoms with Gasteiger partial charge in [-0.15, -0.1) is 0 Å². The molecule has 2 aromatic carbocycles. The number of fused-ring (bicyclic) bond motifs is 1. The number of carboxylic acids is 1. The lowest BCUT2D eigenvalue weighted by molar-refractivity contribution is -0.235. The molecule has 25 heavy (non-hydrogen) atoms. The molecule has 1 atom stereocenters.